The molecule has 1 atom stereocenters. The van der Waals surface area contributed by atoms with E-state index in [0.717, 1.165) is 12.1 Å². The van der Waals surface area contributed by atoms with Gasteiger partial charge >= 0.3 is 12.1 Å². The van der Waals surface area contributed by atoms with Crippen LogP contribution >= 0.6 is 11.6 Å². The lowest BCUT2D eigenvalue weighted by Gasteiger charge is -2.14. The number of alkyl halides is 3. The monoisotopic (exact) mass is 497 g/mol. The van der Waals surface area contributed by atoms with E-state index in [1.807, 2.05) is 0 Å². The lowest BCUT2D eigenvalue weighted by Crippen LogP contribution is -2.38. The van der Waals surface area contributed by atoms with Crippen molar-refractivity contribution in [2.75, 3.05) is 20.3 Å². The van der Waals surface area contributed by atoms with Crippen LogP contribution in [0.4, 0.5) is 13.2 Å². The molecule has 0 saturated carbocycles. The summed E-state index contributed by atoms with van der Waals surface area (Å²) in [6.45, 7) is 4.69. The lowest BCUT2D eigenvalue weighted by molar-refractivity contribution is -0.144. The highest BCUT2D eigenvalue weighted by Crippen LogP contribution is 2.36. The highest BCUT2D eigenvalue weighted by Gasteiger charge is 2.33. The van der Waals surface area contributed by atoms with Gasteiger partial charge < -0.3 is 19.4 Å². The maximum atomic E-state index is 13.3. The van der Waals surface area contributed by atoms with E-state index < -0.39 is 35.2 Å². The molecular weight excluding hydrogens is 475 g/mol. The summed E-state index contributed by atoms with van der Waals surface area (Å²) in [5.41, 5.74) is 0.346. The fourth-order valence-corrected chi connectivity index (χ4v) is 3.53. The van der Waals surface area contributed by atoms with Crippen LogP contribution in [-0.4, -0.2) is 42.8 Å². The van der Waals surface area contributed by atoms with Gasteiger partial charge in [-0.05, 0) is 56.7 Å². The summed E-state index contributed by atoms with van der Waals surface area (Å²) in [6.07, 6.45) is -3.37. The van der Waals surface area contributed by atoms with Gasteiger partial charge in [0, 0.05) is 30.2 Å². The number of halogens is 4. The Morgan fingerprint density at radius 1 is 1.29 bits per heavy atom. The molecule has 1 aromatic heterocycles. The van der Waals surface area contributed by atoms with E-state index in [2.05, 4.69) is 5.32 Å². The van der Waals surface area contributed by atoms with Gasteiger partial charge in [-0.1, -0.05) is 11.6 Å². The van der Waals surface area contributed by atoms with Gasteiger partial charge in [0.05, 0.1) is 17.2 Å². The minimum absolute atomic E-state index is 0.217. The van der Waals surface area contributed by atoms with Crippen LogP contribution in [0.1, 0.15) is 29.4 Å². The van der Waals surface area contributed by atoms with Crippen LogP contribution in [0.5, 0.6) is 0 Å². The number of nitriles is 1. The first-order valence-corrected chi connectivity index (χ1v) is 10.4. The van der Waals surface area contributed by atoms with Gasteiger partial charge in [0.15, 0.2) is 6.61 Å². The van der Waals surface area contributed by atoms with Crippen molar-refractivity contribution in [1.82, 2.24) is 9.88 Å². The molecular formula is C23H23ClF3N3O4. The number of carbonyl (C=O) groups excluding carboxylic acids is 2. The number of aromatic nitrogens is 1. The molecule has 0 aliphatic carbocycles. The molecule has 0 aliphatic rings. The van der Waals surface area contributed by atoms with E-state index in [1.54, 1.807) is 37.5 Å². The first-order valence-electron chi connectivity index (χ1n) is 10.0. The van der Waals surface area contributed by atoms with Crippen LogP contribution in [0, 0.1) is 25.2 Å². The highest BCUT2D eigenvalue weighted by atomic mass is 35.5. The minimum atomic E-state index is -4.63. The fourth-order valence-electron chi connectivity index (χ4n) is 3.31. The smallest absolute Gasteiger partial charge is 0.417 e. The van der Waals surface area contributed by atoms with Crippen LogP contribution in [0.25, 0.3) is 11.8 Å². The molecule has 0 fully saturated rings. The Balaban J connectivity index is 2.28. The molecule has 0 saturated heterocycles. The Hall–Kier alpha value is -3.29. The molecule has 11 heteroatoms. The topological polar surface area (TPSA) is 93.3 Å². The molecule has 0 bridgehead atoms. The summed E-state index contributed by atoms with van der Waals surface area (Å²) >= 11 is 5.71. The highest BCUT2D eigenvalue weighted by molar-refractivity contribution is 6.31. The van der Waals surface area contributed by atoms with E-state index in [4.69, 9.17) is 21.1 Å². The maximum Gasteiger partial charge on any atom is 0.417 e. The number of hydrogen-bond acceptors (Lipinski definition) is 5. The Morgan fingerprint density at radius 3 is 2.56 bits per heavy atom. The fraction of sp³-hybridized carbons (Fsp3) is 0.348. The number of hydrogen-bond donors (Lipinski definition) is 1. The number of ether oxygens (including phenoxy) is 2. The summed E-state index contributed by atoms with van der Waals surface area (Å²) in [4.78, 5) is 24.1. The van der Waals surface area contributed by atoms with Gasteiger partial charge in [-0.3, -0.25) is 4.79 Å². The van der Waals surface area contributed by atoms with E-state index in [9.17, 15) is 28.0 Å². The largest absolute Gasteiger partial charge is 0.451 e. The Bertz CT molecular complexity index is 1150. The van der Waals surface area contributed by atoms with Gasteiger partial charge in [0.1, 0.15) is 11.6 Å². The predicted octanol–water partition coefficient (Wildman–Crippen LogP) is 4.37. The van der Waals surface area contributed by atoms with Crippen molar-refractivity contribution in [1.29, 1.82) is 5.26 Å². The second-order valence-electron chi connectivity index (χ2n) is 7.49. The molecule has 2 aromatic rings. The molecule has 1 heterocycles. The number of esters is 1. The lowest BCUT2D eigenvalue weighted by atomic mass is 10.1. The van der Waals surface area contributed by atoms with Gasteiger partial charge in [0.25, 0.3) is 5.91 Å². The zero-order valence-corrected chi connectivity index (χ0v) is 19.7. The van der Waals surface area contributed by atoms with Crippen molar-refractivity contribution < 1.29 is 32.2 Å². The molecule has 1 unspecified atom stereocenters. The molecule has 2 rings (SSSR count). The number of aryl methyl sites for hydroxylation is 1. The normalized spacial score (nSPS) is 12.7. The second-order valence-corrected chi connectivity index (χ2v) is 7.90. The maximum absolute atomic E-state index is 13.3. The quantitative estimate of drug-likeness (QED) is 0.332. The van der Waals surface area contributed by atoms with E-state index in [0.29, 0.717) is 17.0 Å². The van der Waals surface area contributed by atoms with Crippen molar-refractivity contribution in [3.8, 4) is 11.8 Å². The van der Waals surface area contributed by atoms with Crippen LogP contribution in [0.2, 0.25) is 5.02 Å². The number of methoxy groups -OCH3 is 1. The Labute approximate surface area is 199 Å². The zero-order chi connectivity index (χ0) is 25.6. The SMILES string of the molecule is COCC(C)NC(=O)COC(=O)/C(C#N)=C\c1cc(C)n(-c2ccc(Cl)c(C(F)(F)F)c2)c1C. The predicted molar refractivity (Wildman–Crippen MR) is 119 cm³/mol. The summed E-state index contributed by atoms with van der Waals surface area (Å²) in [6, 6.07) is 6.57. The average Bonchev–Trinajstić information content (AvgIpc) is 3.03. The molecule has 0 spiro atoms. The minimum Gasteiger partial charge on any atom is -0.451 e. The number of nitrogens with zero attached hydrogens (tertiary/aromatic N) is 2. The van der Waals surface area contributed by atoms with Crippen molar-refractivity contribution in [2.45, 2.75) is 33.0 Å². The van der Waals surface area contributed by atoms with Gasteiger partial charge in [0.2, 0.25) is 0 Å². The molecule has 0 aliphatic heterocycles. The van der Waals surface area contributed by atoms with Crippen molar-refractivity contribution in [3.63, 3.8) is 0 Å². The molecule has 7 nitrogen and oxygen atoms in total. The number of nitrogens with one attached hydrogen (secondary N) is 1. The second kappa shape index (κ2) is 11.2. The third-order valence-electron chi connectivity index (χ3n) is 4.78. The molecule has 1 amide bonds. The van der Waals surface area contributed by atoms with Crippen LogP contribution in [0.3, 0.4) is 0 Å². The summed E-state index contributed by atoms with van der Waals surface area (Å²) < 4.78 is 51.2. The van der Waals surface area contributed by atoms with Crippen LogP contribution in [0.15, 0.2) is 29.8 Å². The number of amides is 1. The van der Waals surface area contributed by atoms with E-state index in [-0.39, 0.29) is 23.9 Å². The zero-order valence-electron chi connectivity index (χ0n) is 18.9. The first-order chi connectivity index (χ1) is 15.9. The molecule has 182 valence electrons. The van der Waals surface area contributed by atoms with Gasteiger partial charge in [-0.15, -0.1) is 0 Å². The van der Waals surface area contributed by atoms with Crippen LogP contribution in [-0.2, 0) is 25.2 Å². The van der Waals surface area contributed by atoms with E-state index in [1.165, 1.54) is 19.3 Å². The summed E-state index contributed by atoms with van der Waals surface area (Å²) in [5, 5.41) is 11.5. The number of carbonyl (C=O) groups is 2. The molecule has 1 N–H and O–H groups in total. The van der Waals surface area contributed by atoms with Crippen molar-refractivity contribution in [3.05, 3.63) is 57.4 Å². The first kappa shape index (κ1) is 27.0. The van der Waals surface area contributed by atoms with Crippen molar-refractivity contribution in [2.24, 2.45) is 0 Å². The molecule has 0 radical (unpaired) electrons. The number of benzene rings is 1. The van der Waals surface area contributed by atoms with Crippen molar-refractivity contribution >= 4 is 29.6 Å². The molecule has 1 aromatic carbocycles. The van der Waals surface area contributed by atoms with Gasteiger partial charge in [-0.2, -0.15) is 18.4 Å². The third-order valence-corrected chi connectivity index (χ3v) is 5.11. The summed E-state index contributed by atoms with van der Waals surface area (Å²) in [7, 11) is 1.48. The Morgan fingerprint density at radius 2 is 1.97 bits per heavy atom. The summed E-state index contributed by atoms with van der Waals surface area (Å²) in [5.74, 6) is -1.57. The van der Waals surface area contributed by atoms with E-state index >= 15 is 0 Å². The van der Waals surface area contributed by atoms with Crippen LogP contribution < -0.4 is 5.32 Å². The molecule has 34 heavy (non-hydrogen) atoms. The standard InChI is InChI=1S/C23H23ClF3N3O4/c1-13(11-33-4)29-21(31)12-34-22(32)17(10-28)8-16-7-14(2)30(15(16)3)18-5-6-20(24)19(9-18)23(25,26)27/h5-9,13H,11-12H2,1-4H3,(H,29,31)/b17-8-. The third kappa shape index (κ3) is 6.62. The number of rotatable bonds is 8. The van der Waals surface area contributed by atoms with Gasteiger partial charge in [-0.25, -0.2) is 4.79 Å². The Kier molecular flexibility index (Phi) is 8.90. The average molecular weight is 498 g/mol.